The maximum atomic E-state index is 5.16. The number of rotatable bonds is 4. The molecule has 0 amide bonds. The van der Waals surface area contributed by atoms with Crippen molar-refractivity contribution in [1.82, 2.24) is 0 Å². The molecule has 4 heteroatoms. The molecule has 0 rings (SSSR count). The van der Waals surface area contributed by atoms with Crippen LogP contribution in [0.2, 0.25) is 19.1 Å². The van der Waals surface area contributed by atoms with Gasteiger partial charge in [-0.05, 0) is 25.6 Å². The van der Waals surface area contributed by atoms with Crippen LogP contribution >= 0.6 is 15.9 Å². The van der Waals surface area contributed by atoms with Crippen molar-refractivity contribution in [1.29, 1.82) is 0 Å². The first-order valence-electron chi connectivity index (χ1n) is 3.03. The van der Waals surface area contributed by atoms with Crippen molar-refractivity contribution in [3.05, 3.63) is 0 Å². The first-order valence-corrected chi connectivity index (χ1v) is 7.67. The molecule has 0 aromatic rings. The van der Waals surface area contributed by atoms with Crippen molar-refractivity contribution in [2.24, 2.45) is 0 Å². The van der Waals surface area contributed by atoms with Crippen LogP contribution in [0.5, 0.6) is 0 Å². The van der Waals surface area contributed by atoms with Crippen LogP contribution in [0.25, 0.3) is 0 Å². The van der Waals surface area contributed by atoms with Gasteiger partial charge in [-0.2, -0.15) is 0 Å². The molecule has 0 aromatic carbocycles. The van der Waals surface area contributed by atoms with Gasteiger partial charge in [-0.1, -0.05) is 15.9 Å². The van der Waals surface area contributed by atoms with Gasteiger partial charge in [0, 0.05) is 5.33 Å². The van der Waals surface area contributed by atoms with E-state index in [2.05, 4.69) is 39.5 Å². The number of hydrogen-bond acceptors (Lipinski definition) is 1. The molecule has 0 aliphatic carbocycles. The van der Waals surface area contributed by atoms with E-state index in [9.17, 15) is 0 Å². The van der Waals surface area contributed by atoms with E-state index in [-0.39, 0.29) is 0 Å². The van der Waals surface area contributed by atoms with E-state index >= 15 is 0 Å². The maximum absolute atomic E-state index is 5.16. The highest BCUT2D eigenvalue weighted by atomic mass is 79.9. The van der Waals surface area contributed by atoms with E-state index in [0.717, 1.165) is 5.33 Å². The third-order valence-corrected chi connectivity index (χ3v) is 5.52. The second-order valence-electron chi connectivity index (χ2n) is 2.65. The summed E-state index contributed by atoms with van der Waals surface area (Å²) in [4.78, 5) is 0. The molecule has 0 bridgehead atoms. The lowest BCUT2D eigenvalue weighted by Gasteiger charge is -2.18. The van der Waals surface area contributed by atoms with Crippen LogP contribution in [0.4, 0.5) is 0 Å². The summed E-state index contributed by atoms with van der Waals surface area (Å²) in [6.45, 7) is 4.39. The lowest BCUT2D eigenvalue weighted by molar-refractivity contribution is 0.603. The Balaban J connectivity index is 3.33. The predicted octanol–water partition coefficient (Wildman–Crippen LogP) is 2.08. The summed E-state index contributed by atoms with van der Waals surface area (Å²) in [5.41, 5.74) is 0. The Hall–Kier alpha value is 0.874. The SMILES string of the molecule is C[Si](C)(CCCBr)O[Si]. The zero-order valence-electron chi connectivity index (χ0n) is 5.91. The summed E-state index contributed by atoms with van der Waals surface area (Å²) in [6, 6.07) is 1.21. The van der Waals surface area contributed by atoms with Gasteiger partial charge in [0.25, 0.3) is 0 Å². The Morgan fingerprint density at radius 1 is 1.56 bits per heavy atom. The van der Waals surface area contributed by atoms with Gasteiger partial charge < -0.3 is 4.12 Å². The Morgan fingerprint density at radius 3 is 2.44 bits per heavy atom. The van der Waals surface area contributed by atoms with Crippen LogP contribution in [0.3, 0.4) is 0 Å². The Bertz CT molecular complexity index is 77.4. The van der Waals surface area contributed by atoms with Gasteiger partial charge in [-0.25, -0.2) is 0 Å². The van der Waals surface area contributed by atoms with Crippen molar-refractivity contribution < 1.29 is 4.12 Å². The highest BCUT2D eigenvalue weighted by Gasteiger charge is 2.18. The Morgan fingerprint density at radius 2 is 2.11 bits per heavy atom. The molecule has 0 N–H and O–H groups in total. The van der Waals surface area contributed by atoms with E-state index in [1.54, 1.807) is 0 Å². The van der Waals surface area contributed by atoms with Gasteiger partial charge in [0.2, 0.25) is 10.5 Å². The van der Waals surface area contributed by atoms with Gasteiger partial charge in [-0.3, -0.25) is 0 Å². The molecule has 0 saturated carbocycles. The smallest absolute Gasteiger partial charge is 0.230 e. The van der Waals surface area contributed by atoms with Gasteiger partial charge in [0.05, 0.1) is 0 Å². The molecule has 0 atom stereocenters. The molecule has 0 aliphatic rings. The first-order chi connectivity index (χ1) is 4.12. The average Bonchev–Trinajstić information content (AvgIpc) is 1.84. The van der Waals surface area contributed by atoms with Gasteiger partial charge >= 0.3 is 0 Å². The van der Waals surface area contributed by atoms with Crippen molar-refractivity contribution in [3.8, 4) is 0 Å². The zero-order chi connectivity index (χ0) is 7.33. The monoisotopic (exact) mass is 223 g/mol. The maximum Gasteiger partial charge on any atom is 0.230 e. The lowest BCUT2D eigenvalue weighted by atomic mass is 10.6. The van der Waals surface area contributed by atoms with Crippen molar-refractivity contribution >= 4 is 34.7 Å². The molecule has 3 radical (unpaired) electrons. The number of hydrogen-bond donors (Lipinski definition) is 0. The van der Waals surface area contributed by atoms with E-state index in [1.165, 1.54) is 12.5 Å². The standard InChI is InChI=1S/C5H12BrOSi2/c1-9(2,7-8)5-3-4-6/h3-5H2,1-2H3. The van der Waals surface area contributed by atoms with Crippen molar-refractivity contribution in [2.45, 2.75) is 25.6 Å². The van der Waals surface area contributed by atoms with Crippen LogP contribution in [-0.2, 0) is 4.12 Å². The zero-order valence-corrected chi connectivity index (χ0v) is 9.49. The fourth-order valence-electron chi connectivity index (χ4n) is 0.544. The van der Waals surface area contributed by atoms with Crippen LogP contribution in [-0.4, -0.2) is 24.1 Å². The van der Waals surface area contributed by atoms with Gasteiger partial charge in [0.1, 0.15) is 0 Å². The van der Waals surface area contributed by atoms with E-state index in [1.807, 2.05) is 0 Å². The molecule has 0 spiro atoms. The summed E-state index contributed by atoms with van der Waals surface area (Å²) in [5.74, 6) is 0. The van der Waals surface area contributed by atoms with Gasteiger partial charge in [-0.15, -0.1) is 0 Å². The Kier molecular flexibility index (Phi) is 5.10. The molecule has 0 aliphatic heterocycles. The summed E-state index contributed by atoms with van der Waals surface area (Å²) >= 11 is 3.38. The Labute approximate surface area is 70.0 Å². The van der Waals surface area contributed by atoms with E-state index in [4.69, 9.17) is 4.12 Å². The molecule has 0 heterocycles. The minimum absolute atomic E-state index is 1.08. The summed E-state index contributed by atoms with van der Waals surface area (Å²) < 4.78 is 5.16. The van der Waals surface area contributed by atoms with Crippen molar-refractivity contribution in [2.75, 3.05) is 5.33 Å². The molecular formula is C5H12BrOSi2. The average molecular weight is 224 g/mol. The highest BCUT2D eigenvalue weighted by Crippen LogP contribution is 2.12. The number of halogens is 1. The fraction of sp³-hybridized carbons (Fsp3) is 1.00. The molecule has 0 fully saturated rings. The predicted molar refractivity (Wildman–Crippen MR) is 47.5 cm³/mol. The van der Waals surface area contributed by atoms with Crippen LogP contribution < -0.4 is 0 Å². The van der Waals surface area contributed by atoms with Gasteiger partial charge in [0.15, 0.2) is 8.32 Å². The fourth-order valence-corrected chi connectivity index (χ4v) is 2.78. The van der Waals surface area contributed by atoms with E-state index in [0.29, 0.717) is 0 Å². The third-order valence-electron chi connectivity index (χ3n) is 1.19. The minimum atomic E-state index is -1.31. The summed E-state index contributed by atoms with van der Waals surface area (Å²) in [6.07, 6.45) is 1.21. The molecular weight excluding hydrogens is 212 g/mol. The topological polar surface area (TPSA) is 9.23 Å². The van der Waals surface area contributed by atoms with Crippen molar-refractivity contribution in [3.63, 3.8) is 0 Å². The molecule has 0 unspecified atom stereocenters. The molecule has 53 valence electrons. The number of alkyl halides is 1. The minimum Gasteiger partial charge on any atom is -0.457 e. The van der Waals surface area contributed by atoms with Crippen LogP contribution in [0.15, 0.2) is 0 Å². The largest absolute Gasteiger partial charge is 0.457 e. The van der Waals surface area contributed by atoms with Crippen LogP contribution in [0.1, 0.15) is 6.42 Å². The third kappa shape index (κ3) is 5.32. The lowest BCUT2D eigenvalue weighted by Crippen LogP contribution is -2.28. The second kappa shape index (κ2) is 4.65. The molecule has 0 saturated heterocycles. The molecule has 0 aromatic heterocycles. The first kappa shape index (κ1) is 9.87. The van der Waals surface area contributed by atoms with Crippen LogP contribution in [0, 0.1) is 0 Å². The quantitative estimate of drug-likeness (QED) is 0.524. The highest BCUT2D eigenvalue weighted by molar-refractivity contribution is 9.09. The summed E-state index contributed by atoms with van der Waals surface area (Å²) in [5, 5.41) is 1.08. The molecule has 9 heavy (non-hydrogen) atoms. The van der Waals surface area contributed by atoms with E-state index < -0.39 is 8.32 Å². The second-order valence-corrected chi connectivity index (χ2v) is 8.28. The molecule has 1 nitrogen and oxygen atoms in total. The normalized spacial score (nSPS) is 12.0. The summed E-state index contributed by atoms with van der Waals surface area (Å²) in [7, 11) is 1.78.